The Kier molecular flexibility index (Phi) is 8.01. The minimum atomic E-state index is -0.332. The van der Waals surface area contributed by atoms with Gasteiger partial charge >= 0.3 is 0 Å². The molecule has 1 saturated heterocycles. The van der Waals surface area contributed by atoms with Crippen molar-refractivity contribution >= 4 is 44.9 Å². The molecule has 0 saturated carbocycles. The molecule has 0 spiro atoms. The van der Waals surface area contributed by atoms with Crippen LogP contribution in [0.3, 0.4) is 0 Å². The molecule has 2 atom stereocenters. The number of carbonyl (C=O) groups excluding carboxylic acids is 1. The average molecular weight is 551 g/mol. The van der Waals surface area contributed by atoms with Gasteiger partial charge in [0.2, 0.25) is 5.91 Å². The molecule has 4 aromatic rings. The lowest BCUT2D eigenvalue weighted by Crippen LogP contribution is -2.39. The second-order valence-corrected chi connectivity index (χ2v) is 11.6. The fraction of sp³-hybridized carbons (Fsp3) is 0.321. The van der Waals surface area contributed by atoms with E-state index < -0.39 is 0 Å². The molecular weight excluding hydrogens is 520 g/mol. The van der Waals surface area contributed by atoms with E-state index in [-0.39, 0.29) is 17.2 Å². The van der Waals surface area contributed by atoms with E-state index >= 15 is 0 Å². The first-order chi connectivity index (χ1) is 18.5. The summed E-state index contributed by atoms with van der Waals surface area (Å²) in [5, 5.41) is 5.30. The predicted molar refractivity (Wildman–Crippen MR) is 152 cm³/mol. The fourth-order valence-corrected chi connectivity index (χ4v) is 6.74. The van der Waals surface area contributed by atoms with Crippen LogP contribution in [0.15, 0.2) is 59.8 Å². The Balaban J connectivity index is 1.40. The maximum Gasteiger partial charge on any atom is 0.241 e. The highest BCUT2D eigenvalue weighted by molar-refractivity contribution is 7.99. The average Bonchev–Trinajstić information content (AvgIpc) is 3.50. The van der Waals surface area contributed by atoms with Gasteiger partial charge in [-0.2, -0.15) is 0 Å². The molecule has 8 nitrogen and oxygen atoms in total. The van der Waals surface area contributed by atoms with Crippen LogP contribution in [0.4, 0.5) is 5.69 Å². The van der Waals surface area contributed by atoms with E-state index in [9.17, 15) is 4.79 Å². The fourth-order valence-electron chi connectivity index (χ4n) is 4.76. The zero-order valence-electron chi connectivity index (χ0n) is 21.8. The van der Waals surface area contributed by atoms with Gasteiger partial charge in [-0.3, -0.25) is 9.69 Å². The first-order valence-electron chi connectivity index (χ1n) is 12.3. The summed E-state index contributed by atoms with van der Waals surface area (Å²) in [7, 11) is 4.84. The van der Waals surface area contributed by atoms with E-state index in [0.717, 1.165) is 38.0 Å². The number of rotatable bonds is 9. The van der Waals surface area contributed by atoms with Crippen molar-refractivity contribution in [1.29, 1.82) is 0 Å². The van der Waals surface area contributed by atoms with E-state index in [1.807, 2.05) is 55.5 Å². The number of ether oxygens (including phenoxy) is 3. The Labute approximate surface area is 230 Å². The molecule has 0 unspecified atom stereocenters. The van der Waals surface area contributed by atoms with Crippen molar-refractivity contribution in [3.8, 4) is 17.2 Å². The number of aryl methyl sites for hydroxylation is 1. The van der Waals surface area contributed by atoms with E-state index in [2.05, 4.69) is 20.2 Å². The summed E-state index contributed by atoms with van der Waals surface area (Å²) in [6, 6.07) is 15.2. The third kappa shape index (κ3) is 5.72. The van der Waals surface area contributed by atoms with Gasteiger partial charge in [-0.05, 0) is 49.7 Å². The Bertz CT molecular complexity index is 1430. The molecule has 1 N–H and O–H groups in total. The zero-order chi connectivity index (χ0) is 26.6. The number of anilines is 1. The van der Waals surface area contributed by atoms with Gasteiger partial charge in [0.05, 0.1) is 47.6 Å². The van der Waals surface area contributed by atoms with Crippen molar-refractivity contribution in [3.05, 3.63) is 65.3 Å². The first kappa shape index (κ1) is 26.3. The van der Waals surface area contributed by atoms with Gasteiger partial charge in [0.25, 0.3) is 0 Å². The van der Waals surface area contributed by atoms with Crippen molar-refractivity contribution in [3.63, 3.8) is 0 Å². The second-order valence-electron chi connectivity index (χ2n) is 9.01. The van der Waals surface area contributed by atoms with Gasteiger partial charge < -0.3 is 19.5 Å². The first-order valence-corrected chi connectivity index (χ1v) is 14.0. The van der Waals surface area contributed by atoms with Crippen molar-refractivity contribution in [1.82, 2.24) is 14.9 Å². The summed E-state index contributed by atoms with van der Waals surface area (Å²) < 4.78 is 17.8. The van der Waals surface area contributed by atoms with E-state index in [1.165, 1.54) is 0 Å². The van der Waals surface area contributed by atoms with Gasteiger partial charge in [0.1, 0.15) is 5.75 Å². The van der Waals surface area contributed by atoms with Crippen LogP contribution in [-0.4, -0.2) is 59.9 Å². The molecule has 198 valence electrons. The number of hydrogen-bond donors (Lipinski definition) is 1. The van der Waals surface area contributed by atoms with Crippen molar-refractivity contribution in [2.45, 2.75) is 36.2 Å². The molecule has 0 aliphatic carbocycles. The predicted octanol–water partition coefficient (Wildman–Crippen LogP) is 5.40. The number of aromatic nitrogens is 2. The lowest BCUT2D eigenvalue weighted by Gasteiger charge is -2.25. The Hall–Kier alpha value is -3.34. The highest BCUT2D eigenvalue weighted by Gasteiger charge is 2.38. The summed E-state index contributed by atoms with van der Waals surface area (Å²) in [4.78, 5) is 24.9. The Morgan fingerprint density at radius 2 is 1.87 bits per heavy atom. The third-order valence-electron chi connectivity index (χ3n) is 6.51. The molecule has 2 aromatic heterocycles. The smallest absolute Gasteiger partial charge is 0.241 e. The number of methoxy groups -OCH3 is 3. The monoisotopic (exact) mass is 550 g/mol. The summed E-state index contributed by atoms with van der Waals surface area (Å²) >= 11 is 3.35. The molecule has 5 rings (SSSR count). The molecule has 0 bridgehead atoms. The number of fused-ring (bicyclic) bond motifs is 1. The van der Waals surface area contributed by atoms with Crippen molar-refractivity contribution < 1.29 is 19.0 Å². The molecule has 2 aromatic carbocycles. The number of carbonyl (C=O) groups is 1. The quantitative estimate of drug-likeness (QED) is 0.297. The van der Waals surface area contributed by atoms with E-state index in [4.69, 9.17) is 14.2 Å². The normalized spacial score (nSPS) is 17.5. The van der Waals surface area contributed by atoms with Crippen LogP contribution >= 0.6 is 23.1 Å². The third-order valence-corrected chi connectivity index (χ3v) is 8.62. The van der Waals surface area contributed by atoms with Crippen molar-refractivity contribution in [2.24, 2.45) is 0 Å². The zero-order valence-corrected chi connectivity index (χ0v) is 23.4. The Morgan fingerprint density at radius 1 is 1.08 bits per heavy atom. The van der Waals surface area contributed by atoms with Crippen LogP contribution in [0.1, 0.15) is 17.0 Å². The second kappa shape index (κ2) is 11.6. The minimum absolute atomic E-state index is 0.0418. The molecule has 3 heterocycles. The summed E-state index contributed by atoms with van der Waals surface area (Å²) in [5.41, 5.74) is 2.57. The number of pyridine rings is 1. The van der Waals surface area contributed by atoms with E-state index in [1.54, 1.807) is 50.6 Å². The van der Waals surface area contributed by atoms with Gasteiger partial charge in [-0.1, -0.05) is 6.07 Å². The highest BCUT2D eigenvalue weighted by atomic mass is 32.2. The highest BCUT2D eigenvalue weighted by Crippen LogP contribution is 2.38. The molecule has 10 heteroatoms. The van der Waals surface area contributed by atoms with Gasteiger partial charge in [-0.15, -0.1) is 23.1 Å². The number of amides is 1. The van der Waals surface area contributed by atoms with Gasteiger partial charge in [0.15, 0.2) is 11.5 Å². The topological polar surface area (TPSA) is 85.8 Å². The number of hydrogen-bond acceptors (Lipinski definition) is 9. The molecule has 38 heavy (non-hydrogen) atoms. The number of nitrogens with one attached hydrogen (secondary N) is 1. The number of likely N-dealkylation sites (tertiary alicyclic amines) is 1. The number of benzene rings is 2. The largest absolute Gasteiger partial charge is 0.496 e. The minimum Gasteiger partial charge on any atom is -0.496 e. The van der Waals surface area contributed by atoms with E-state index in [0.29, 0.717) is 30.2 Å². The molecule has 1 amide bonds. The maximum atomic E-state index is 13.7. The van der Waals surface area contributed by atoms with Crippen LogP contribution in [0, 0.1) is 6.92 Å². The molecule has 1 aliphatic heterocycles. The number of nitrogens with zero attached hydrogens (tertiary/aromatic N) is 3. The summed E-state index contributed by atoms with van der Waals surface area (Å²) in [6.07, 6.45) is 2.49. The Morgan fingerprint density at radius 3 is 2.61 bits per heavy atom. The van der Waals surface area contributed by atoms with Crippen LogP contribution < -0.4 is 19.5 Å². The number of thioether (sulfide) groups is 1. The van der Waals surface area contributed by atoms with Crippen LogP contribution in [0.2, 0.25) is 0 Å². The summed E-state index contributed by atoms with van der Waals surface area (Å²) in [5.74, 6) is 1.86. The standard InChI is InChI=1S/C28H30N4O4S2/c1-17-30-21-12-19(8-9-26(21)37-17)31-28(33)22-13-20(38-27-7-5-6-10-29-27)16-32(22)15-18-11-24(35-3)25(36-4)14-23(18)34-2/h5-12,14,20,22H,13,15-16H2,1-4H3,(H,31,33)/t20-,22+/m1/s1. The van der Waals surface area contributed by atoms with Gasteiger partial charge in [-0.25, -0.2) is 9.97 Å². The lowest BCUT2D eigenvalue weighted by molar-refractivity contribution is -0.120. The summed E-state index contributed by atoms with van der Waals surface area (Å²) in [6.45, 7) is 3.23. The molecule has 0 radical (unpaired) electrons. The van der Waals surface area contributed by atoms with Crippen LogP contribution in [0.25, 0.3) is 10.2 Å². The molecule has 1 aliphatic rings. The molecule has 1 fully saturated rings. The van der Waals surface area contributed by atoms with Crippen LogP contribution in [0.5, 0.6) is 17.2 Å². The SMILES string of the molecule is COc1cc(OC)c(OC)cc1CN1C[C@H](Sc2ccccn2)C[C@H]1C(=O)Nc1ccc2sc(C)nc2c1. The lowest BCUT2D eigenvalue weighted by atomic mass is 10.1. The maximum absolute atomic E-state index is 13.7. The number of thiazole rings is 1. The molecular formula is C28H30N4O4S2. The van der Waals surface area contributed by atoms with Crippen LogP contribution in [-0.2, 0) is 11.3 Å². The van der Waals surface area contributed by atoms with Gasteiger partial charge in [0, 0.05) is 41.9 Å². The van der Waals surface area contributed by atoms with Crippen molar-refractivity contribution in [2.75, 3.05) is 33.2 Å².